The predicted octanol–water partition coefficient (Wildman–Crippen LogP) is 29.7. The molecule has 0 amide bonds. The molecule has 0 heterocycles. The largest absolute Gasteiger partial charge is 0.310 e. The van der Waals surface area contributed by atoms with E-state index in [2.05, 4.69) is 116 Å². The van der Waals surface area contributed by atoms with Crippen molar-refractivity contribution >= 4 is 63.1 Å². The van der Waals surface area contributed by atoms with Gasteiger partial charge in [-0.15, -0.1) is 0 Å². The summed E-state index contributed by atoms with van der Waals surface area (Å²) in [5, 5.41) is 1.83. The maximum atomic E-state index is 17.2. The van der Waals surface area contributed by atoms with Gasteiger partial charge in [-0.1, -0.05) is 284 Å². The Morgan fingerprint density at radius 2 is 0.741 bits per heavy atom. The van der Waals surface area contributed by atoms with Crippen molar-refractivity contribution in [3.8, 4) is 44.5 Å². The molecule has 116 heavy (non-hydrogen) atoms. The van der Waals surface area contributed by atoms with E-state index in [1.54, 1.807) is 97.1 Å². The molecule has 2 unspecified atom stereocenters. The molecule has 17 rings (SSSR count). The normalized spacial score (nSPS) is 14.9. The van der Waals surface area contributed by atoms with Gasteiger partial charge in [0.05, 0.1) is 22.2 Å². The molecule has 0 spiro atoms. The van der Waals surface area contributed by atoms with Crippen molar-refractivity contribution in [2.75, 3.05) is 9.80 Å². The van der Waals surface area contributed by atoms with E-state index in [1.165, 1.54) is 0 Å². The van der Waals surface area contributed by atoms with Crippen LogP contribution in [-0.2, 0) is 30.1 Å². The summed E-state index contributed by atoms with van der Waals surface area (Å²) < 4.78 is 164. The van der Waals surface area contributed by atoms with Gasteiger partial charge in [0.1, 0.15) is 0 Å². The van der Waals surface area contributed by atoms with E-state index in [9.17, 15) is 0 Å². The molecule has 2 atom stereocenters. The molecule has 0 radical (unpaired) electrons. The number of halogens is 10. The number of rotatable bonds is 24. The van der Waals surface area contributed by atoms with E-state index in [4.69, 9.17) is 0 Å². The fraction of sp³-hybridized carbons (Fsp3) is 0.154. The van der Waals surface area contributed by atoms with E-state index < -0.39 is 80.1 Å². The summed E-state index contributed by atoms with van der Waals surface area (Å²) in [6.45, 7) is 12.2. The van der Waals surface area contributed by atoms with Crippen molar-refractivity contribution in [2.45, 2.75) is 102 Å². The highest BCUT2D eigenvalue weighted by Gasteiger charge is 2.54. The highest BCUT2D eigenvalue weighted by Crippen LogP contribution is 2.62. The minimum absolute atomic E-state index is 0.278. The number of nitrogens with zero attached hydrogens (tertiary/aromatic N) is 2. The number of benzene rings is 14. The van der Waals surface area contributed by atoms with Crippen LogP contribution in [0, 0.1) is 58.2 Å². The number of hydrogen-bond donors (Lipinski definition) is 0. The van der Waals surface area contributed by atoms with Crippen LogP contribution in [0.5, 0.6) is 0 Å². The molecule has 0 N–H and O–H groups in total. The number of allylic oxidation sites excluding steroid dienone is 1. The van der Waals surface area contributed by atoms with Crippen LogP contribution in [0.3, 0.4) is 0 Å². The number of fused-ring (bicyclic) bond motifs is 8. The van der Waals surface area contributed by atoms with Crippen molar-refractivity contribution in [2.24, 2.45) is 0 Å². The van der Waals surface area contributed by atoms with Crippen LogP contribution in [0.25, 0.3) is 73.5 Å². The Kier molecular flexibility index (Phi) is 20.6. The van der Waals surface area contributed by atoms with Crippen LogP contribution in [0.4, 0.5) is 78.0 Å². The van der Waals surface area contributed by atoms with Gasteiger partial charge in [0.25, 0.3) is 0 Å². The van der Waals surface area contributed by atoms with Crippen molar-refractivity contribution < 1.29 is 43.9 Å². The van der Waals surface area contributed by atoms with Gasteiger partial charge < -0.3 is 9.80 Å². The monoisotopic (exact) mass is 1550 g/mol. The predicted molar refractivity (Wildman–Crippen MR) is 452 cm³/mol. The van der Waals surface area contributed by atoms with E-state index in [-0.39, 0.29) is 11.1 Å². The van der Waals surface area contributed by atoms with Crippen molar-refractivity contribution in [3.63, 3.8) is 0 Å². The second kappa shape index (κ2) is 31.3. The Labute approximate surface area is 669 Å². The summed E-state index contributed by atoms with van der Waals surface area (Å²) in [7, 11) is 0. The van der Waals surface area contributed by atoms with Crippen LogP contribution >= 0.6 is 0 Å². The Hall–Kier alpha value is -12.5. The first-order chi connectivity index (χ1) is 56.5. The highest BCUT2D eigenvalue weighted by atomic mass is 19.2. The van der Waals surface area contributed by atoms with E-state index in [0.717, 1.165) is 155 Å². The third-order valence-electron chi connectivity index (χ3n) is 24.0. The first-order valence-electron chi connectivity index (χ1n) is 39.8. The fourth-order valence-corrected chi connectivity index (χ4v) is 18.5. The number of unbranched alkanes of at least 4 members (excludes halogenated alkanes) is 6. The maximum absolute atomic E-state index is 17.2. The zero-order valence-corrected chi connectivity index (χ0v) is 64.1. The van der Waals surface area contributed by atoms with Crippen LogP contribution in [0.1, 0.15) is 150 Å². The topological polar surface area (TPSA) is 6.48 Å². The standard InChI is InChI=1S/C104H80F10N2/c1-5-9-11-13-27-69-59-84(68-45-53-74(54-46-68)116(90-38-24-30-66-26-16-18-32-78(66)90)76-56-58-82-80-34-20-22-36-86(80)104(88(82)62-76,72-49-41-64(8-4)42-50-72)92-95(107)99(111)102(114)100(112)96(92)108)70(28-14-12-10-6-2)60-83(69)67-43-51-73(52-44-67)115(89-37-23-29-65-25-15-17-31-77(65)89)75-55-57-81-79-33-19-21-35-85(79)103(87(81)61-75,71-47-39-63(7-3)40-48-71)91-93(105)97(109)101(113)98(110)94(91)106/h7-8,15,17-25,29-62H,3-6,9-14,16,26-28H2,1-2H3. The molecular weight excluding hydrogens is 1470 g/mol. The lowest BCUT2D eigenvalue weighted by Gasteiger charge is -2.35. The second-order valence-electron chi connectivity index (χ2n) is 30.4. The quantitative estimate of drug-likeness (QED) is 0.0257. The van der Waals surface area contributed by atoms with Gasteiger partial charge in [0.15, 0.2) is 46.5 Å². The lowest BCUT2D eigenvalue weighted by atomic mass is 9.67. The van der Waals surface area contributed by atoms with Gasteiger partial charge in [0, 0.05) is 44.8 Å². The first kappa shape index (κ1) is 76.1. The SMILES string of the molecule is C=Cc1ccc(C2(c3c(F)c(F)c(F)c(F)c3F)c3ccccc3-c3ccc(N(c4ccc(-c5cc(CCCCCC)c(-c6ccc(N(c7ccc8c(c7)C(c7ccc(C=C)cc7)(c7c(F)c(F)c(F)c(F)c7F)c7ccccc7-8)c7cccc8ccccc78)cc6)cc5CCCCCC)cc4)c4cccc5c4C=CCC5)cc32)cc1. The third kappa shape index (κ3) is 12.6. The molecule has 2 nitrogen and oxygen atoms in total. The lowest BCUT2D eigenvalue weighted by Crippen LogP contribution is -2.33. The van der Waals surface area contributed by atoms with Crippen molar-refractivity contribution in [1.82, 2.24) is 0 Å². The molecule has 14 aromatic rings. The smallest absolute Gasteiger partial charge is 0.200 e. The molecular formula is C104H80F10N2. The molecule has 0 saturated carbocycles. The summed E-state index contributed by atoms with van der Waals surface area (Å²) in [5.74, 6) is -20.4. The van der Waals surface area contributed by atoms with Crippen LogP contribution < -0.4 is 9.80 Å². The molecule has 0 aliphatic heterocycles. The van der Waals surface area contributed by atoms with E-state index in [1.807, 2.05) is 103 Å². The van der Waals surface area contributed by atoms with E-state index in [0.29, 0.717) is 67.0 Å². The van der Waals surface area contributed by atoms with Crippen LogP contribution in [-0.4, -0.2) is 0 Å². The Morgan fingerprint density at radius 3 is 1.21 bits per heavy atom. The molecule has 0 fully saturated rings. The second-order valence-corrected chi connectivity index (χ2v) is 30.4. The molecule has 0 saturated heterocycles. The summed E-state index contributed by atoms with van der Waals surface area (Å²) in [6.07, 6.45) is 18.8. The average Bonchev–Trinajstić information content (AvgIpc) is 1.52. The number of hydrogen-bond acceptors (Lipinski definition) is 2. The van der Waals surface area contributed by atoms with Gasteiger partial charge in [-0.2, -0.15) is 0 Å². The minimum atomic E-state index is -2.25. The average molecular weight is 1550 g/mol. The fourth-order valence-electron chi connectivity index (χ4n) is 18.5. The van der Waals surface area contributed by atoms with Gasteiger partial charge in [-0.25, -0.2) is 43.9 Å². The third-order valence-corrected chi connectivity index (χ3v) is 24.0. The molecule has 3 aliphatic carbocycles. The summed E-state index contributed by atoms with van der Waals surface area (Å²) in [5.41, 5.74) is 12.1. The number of aryl methyl sites for hydroxylation is 3. The molecule has 3 aliphatic rings. The first-order valence-corrected chi connectivity index (χ1v) is 39.8. The van der Waals surface area contributed by atoms with Gasteiger partial charge in [-0.3, -0.25) is 0 Å². The van der Waals surface area contributed by atoms with Crippen LogP contribution in [0.15, 0.2) is 274 Å². The highest BCUT2D eigenvalue weighted by molar-refractivity contribution is 6.00. The van der Waals surface area contributed by atoms with E-state index >= 15 is 43.9 Å². The molecule has 14 aromatic carbocycles. The van der Waals surface area contributed by atoms with Gasteiger partial charge in [0.2, 0.25) is 11.6 Å². The molecule has 0 aromatic heterocycles. The number of anilines is 6. The molecule has 576 valence electrons. The van der Waals surface area contributed by atoms with Crippen molar-refractivity contribution in [3.05, 3.63) is 410 Å². The van der Waals surface area contributed by atoms with Crippen LogP contribution in [0.2, 0.25) is 0 Å². The molecule has 0 bridgehead atoms. The lowest BCUT2D eigenvalue weighted by molar-refractivity contribution is 0.363. The Morgan fingerprint density at radius 1 is 0.345 bits per heavy atom. The maximum Gasteiger partial charge on any atom is 0.200 e. The summed E-state index contributed by atoms with van der Waals surface area (Å²) in [6, 6.07) is 80.6. The summed E-state index contributed by atoms with van der Waals surface area (Å²) >= 11 is 0. The Bertz CT molecular complexity index is 6180. The Balaban J connectivity index is 0.813. The van der Waals surface area contributed by atoms with Gasteiger partial charge >= 0.3 is 0 Å². The van der Waals surface area contributed by atoms with Gasteiger partial charge in [-0.05, 0) is 210 Å². The minimum Gasteiger partial charge on any atom is -0.310 e. The zero-order chi connectivity index (χ0) is 80.3. The molecule has 12 heteroatoms. The zero-order valence-electron chi connectivity index (χ0n) is 64.1. The summed E-state index contributed by atoms with van der Waals surface area (Å²) in [4.78, 5) is 4.20. The van der Waals surface area contributed by atoms with Crippen molar-refractivity contribution in [1.29, 1.82) is 0 Å².